The average molecular weight is 432 g/mol. The van der Waals surface area contributed by atoms with E-state index in [-0.39, 0.29) is 12.6 Å². The maximum Gasteiger partial charge on any atom is 0.340 e. The minimum atomic E-state index is -0.321. The number of para-hydroxylation sites is 1. The Morgan fingerprint density at radius 2 is 1.97 bits per heavy atom. The van der Waals surface area contributed by atoms with Crippen LogP contribution in [0.1, 0.15) is 54.1 Å². The van der Waals surface area contributed by atoms with E-state index < -0.39 is 0 Å². The second-order valence-electron chi connectivity index (χ2n) is 7.83. The van der Waals surface area contributed by atoms with Gasteiger partial charge in [-0.15, -0.1) is 0 Å². The number of ether oxygens (including phenoxy) is 1. The molecule has 0 amide bonds. The molecule has 0 radical (unpaired) electrons. The molecule has 0 aliphatic carbocycles. The smallest absolute Gasteiger partial charge is 0.340 e. The third-order valence-corrected chi connectivity index (χ3v) is 5.69. The molecule has 4 rings (SSSR count). The Morgan fingerprint density at radius 3 is 2.75 bits per heavy atom. The van der Waals surface area contributed by atoms with Crippen LogP contribution in [-0.2, 0) is 24.3 Å². The number of nitrogens with zero attached hydrogens (tertiary/aromatic N) is 3. The Morgan fingerprint density at radius 1 is 1.12 bits per heavy atom. The number of hydrogen-bond donors (Lipinski definition) is 1. The summed E-state index contributed by atoms with van der Waals surface area (Å²) in [5.41, 5.74) is 4.33. The molecule has 6 heteroatoms. The van der Waals surface area contributed by atoms with Crippen LogP contribution in [0.3, 0.4) is 0 Å². The normalized spacial score (nSPS) is 11.2. The molecule has 0 aliphatic rings. The Kier molecular flexibility index (Phi) is 6.71. The summed E-state index contributed by atoms with van der Waals surface area (Å²) in [5.74, 6) is 0.690. The summed E-state index contributed by atoms with van der Waals surface area (Å²) in [5, 5.41) is 10.8. The van der Waals surface area contributed by atoms with E-state index in [0.717, 1.165) is 52.9 Å². The summed E-state index contributed by atoms with van der Waals surface area (Å²) in [7, 11) is 0. The van der Waals surface area contributed by atoms with E-state index in [9.17, 15) is 9.90 Å². The number of imidazole rings is 1. The molecule has 166 valence electrons. The molecular formula is C26H29N3O3. The lowest BCUT2D eigenvalue weighted by atomic mass is 10.1. The van der Waals surface area contributed by atoms with E-state index in [1.807, 2.05) is 35.9 Å². The summed E-state index contributed by atoms with van der Waals surface area (Å²) in [6.45, 7) is 4.95. The van der Waals surface area contributed by atoms with Gasteiger partial charge in [0, 0.05) is 24.5 Å². The average Bonchev–Trinajstić information content (AvgIpc) is 3.41. The molecule has 0 spiro atoms. The molecule has 1 N–H and O–H groups in total. The number of aliphatic hydroxyl groups is 1. The Balaban J connectivity index is 1.67. The lowest BCUT2D eigenvalue weighted by Crippen LogP contribution is -2.09. The number of benzene rings is 2. The third-order valence-electron chi connectivity index (χ3n) is 5.69. The quantitative estimate of drug-likeness (QED) is 0.383. The summed E-state index contributed by atoms with van der Waals surface area (Å²) in [6, 6.07) is 15.9. The summed E-state index contributed by atoms with van der Waals surface area (Å²) in [4.78, 5) is 17.0. The van der Waals surface area contributed by atoms with Crippen molar-refractivity contribution in [2.75, 3.05) is 6.61 Å². The standard InChI is InChI=1S/C26H29N3O3/c1-3-5-10-25-27-16-21(18-30)29(25)17-19-11-12-23-20(15-19)13-14-28(23)24-9-7-6-8-22(24)26(31)32-4-2/h6-9,11-16,30H,3-5,10,17-18H2,1-2H3. The number of unbranched alkanes of at least 4 members (excludes halogenated alkanes) is 1. The van der Waals surface area contributed by atoms with Crippen molar-refractivity contribution in [2.45, 2.75) is 46.3 Å². The fourth-order valence-corrected chi connectivity index (χ4v) is 4.06. The molecule has 2 aromatic carbocycles. The maximum absolute atomic E-state index is 12.4. The van der Waals surface area contributed by atoms with Gasteiger partial charge < -0.3 is 19.0 Å². The van der Waals surface area contributed by atoms with Crippen LogP contribution in [0.15, 0.2) is 60.9 Å². The van der Waals surface area contributed by atoms with Gasteiger partial charge in [0.15, 0.2) is 0 Å². The van der Waals surface area contributed by atoms with E-state index in [0.29, 0.717) is 18.7 Å². The number of carbonyl (C=O) groups is 1. The molecule has 0 bridgehead atoms. The van der Waals surface area contributed by atoms with Gasteiger partial charge in [-0.05, 0) is 49.2 Å². The largest absolute Gasteiger partial charge is 0.462 e. The first-order valence-electron chi connectivity index (χ1n) is 11.2. The van der Waals surface area contributed by atoms with Crippen LogP contribution in [0, 0.1) is 0 Å². The zero-order valence-electron chi connectivity index (χ0n) is 18.6. The van der Waals surface area contributed by atoms with E-state index >= 15 is 0 Å². The van der Waals surface area contributed by atoms with Crippen LogP contribution >= 0.6 is 0 Å². The van der Waals surface area contributed by atoms with Crippen molar-refractivity contribution in [3.05, 3.63) is 83.6 Å². The highest BCUT2D eigenvalue weighted by atomic mass is 16.5. The van der Waals surface area contributed by atoms with E-state index in [2.05, 4.69) is 40.7 Å². The van der Waals surface area contributed by atoms with Crippen LogP contribution < -0.4 is 0 Å². The lowest BCUT2D eigenvalue weighted by Gasteiger charge is -2.13. The van der Waals surface area contributed by atoms with E-state index in [4.69, 9.17) is 4.74 Å². The minimum Gasteiger partial charge on any atom is -0.462 e. The highest BCUT2D eigenvalue weighted by Crippen LogP contribution is 2.25. The van der Waals surface area contributed by atoms with Gasteiger partial charge in [0.25, 0.3) is 0 Å². The number of rotatable bonds is 9. The van der Waals surface area contributed by atoms with E-state index in [1.54, 1.807) is 12.3 Å². The predicted molar refractivity (Wildman–Crippen MR) is 125 cm³/mol. The fourth-order valence-electron chi connectivity index (χ4n) is 4.06. The van der Waals surface area contributed by atoms with Gasteiger partial charge in [0.2, 0.25) is 0 Å². The molecule has 32 heavy (non-hydrogen) atoms. The highest BCUT2D eigenvalue weighted by molar-refractivity contribution is 5.95. The van der Waals surface area contributed by atoms with Crippen molar-refractivity contribution in [3.63, 3.8) is 0 Å². The highest BCUT2D eigenvalue weighted by Gasteiger charge is 2.15. The molecular weight excluding hydrogens is 402 g/mol. The molecule has 0 fully saturated rings. The number of aliphatic hydroxyl groups excluding tert-OH is 1. The first kappa shape index (κ1) is 21.8. The molecule has 0 atom stereocenters. The second kappa shape index (κ2) is 9.83. The third kappa shape index (κ3) is 4.32. The lowest BCUT2D eigenvalue weighted by molar-refractivity contribution is 0.0526. The number of fused-ring (bicyclic) bond motifs is 1. The Bertz CT molecular complexity index is 1220. The monoisotopic (exact) mass is 431 g/mol. The predicted octanol–water partition coefficient (Wildman–Crippen LogP) is 4.89. The zero-order valence-corrected chi connectivity index (χ0v) is 18.6. The van der Waals surface area contributed by atoms with Crippen LogP contribution in [0.4, 0.5) is 0 Å². The molecule has 2 heterocycles. The summed E-state index contributed by atoms with van der Waals surface area (Å²) < 4.78 is 9.37. The molecule has 0 unspecified atom stereocenters. The number of aryl methyl sites for hydroxylation is 1. The summed E-state index contributed by atoms with van der Waals surface area (Å²) in [6.07, 6.45) is 6.83. The van der Waals surface area contributed by atoms with Gasteiger partial charge in [0.1, 0.15) is 5.82 Å². The zero-order chi connectivity index (χ0) is 22.5. The molecule has 0 saturated carbocycles. The Hall–Kier alpha value is -3.38. The molecule has 0 saturated heterocycles. The van der Waals surface area contributed by atoms with Crippen LogP contribution in [0.25, 0.3) is 16.6 Å². The van der Waals surface area contributed by atoms with Crippen LogP contribution in [0.5, 0.6) is 0 Å². The second-order valence-corrected chi connectivity index (χ2v) is 7.83. The number of carbonyl (C=O) groups excluding carboxylic acids is 1. The van der Waals surface area contributed by atoms with Crippen molar-refractivity contribution in [1.29, 1.82) is 0 Å². The van der Waals surface area contributed by atoms with Gasteiger partial charge in [0.05, 0.1) is 41.9 Å². The molecule has 0 aliphatic heterocycles. The maximum atomic E-state index is 12.4. The van der Waals surface area contributed by atoms with Crippen molar-refractivity contribution in [1.82, 2.24) is 14.1 Å². The Labute approximate surface area is 188 Å². The summed E-state index contributed by atoms with van der Waals surface area (Å²) >= 11 is 0. The van der Waals surface area contributed by atoms with Gasteiger partial charge in [-0.1, -0.05) is 31.5 Å². The fraction of sp³-hybridized carbons (Fsp3) is 0.308. The topological polar surface area (TPSA) is 69.3 Å². The van der Waals surface area contributed by atoms with Crippen molar-refractivity contribution in [2.24, 2.45) is 0 Å². The van der Waals surface area contributed by atoms with Gasteiger partial charge in [-0.3, -0.25) is 0 Å². The van der Waals surface area contributed by atoms with E-state index in [1.165, 1.54) is 0 Å². The number of aromatic nitrogens is 3. The van der Waals surface area contributed by atoms with Gasteiger partial charge in [-0.2, -0.15) is 0 Å². The van der Waals surface area contributed by atoms with Crippen molar-refractivity contribution < 1.29 is 14.6 Å². The van der Waals surface area contributed by atoms with Crippen LogP contribution in [-0.4, -0.2) is 31.8 Å². The molecule has 2 aromatic heterocycles. The SMILES string of the molecule is CCCCc1ncc(CO)n1Cc1ccc2c(ccn2-c2ccccc2C(=O)OCC)c1. The first-order chi connectivity index (χ1) is 15.7. The number of hydrogen-bond acceptors (Lipinski definition) is 4. The van der Waals surface area contributed by atoms with Crippen molar-refractivity contribution >= 4 is 16.9 Å². The molecule has 6 nitrogen and oxygen atoms in total. The van der Waals surface area contributed by atoms with Crippen LogP contribution in [0.2, 0.25) is 0 Å². The van der Waals surface area contributed by atoms with Gasteiger partial charge >= 0.3 is 5.97 Å². The van der Waals surface area contributed by atoms with Crippen molar-refractivity contribution in [3.8, 4) is 5.69 Å². The first-order valence-corrected chi connectivity index (χ1v) is 11.2. The molecule has 4 aromatic rings. The minimum absolute atomic E-state index is 0.0254. The number of esters is 1. The van der Waals surface area contributed by atoms with Gasteiger partial charge in [-0.25, -0.2) is 9.78 Å².